The van der Waals surface area contributed by atoms with Crippen LogP contribution in [0.2, 0.25) is 0 Å². The van der Waals surface area contributed by atoms with Gasteiger partial charge in [-0.2, -0.15) is 0 Å². The molecule has 0 aliphatic rings. The number of carbonyl (C=O) groups excluding carboxylic acids is 1. The first-order valence-corrected chi connectivity index (χ1v) is 3.86. The first-order chi connectivity index (χ1) is 4.98. The van der Waals surface area contributed by atoms with Crippen LogP contribution >= 0.6 is 0 Å². The SMILES string of the molecule is CCC(C)(C)OCNC(C)=O. The standard InChI is InChI=1S/C8H17NO2/c1-5-8(3,4)11-6-9-7(2)10/h5-6H2,1-4H3,(H,9,10). The molecule has 0 bridgehead atoms. The molecular formula is C8H17NO2. The normalized spacial score (nSPS) is 11.3. The molecule has 0 fully saturated rings. The molecule has 0 aromatic rings. The zero-order valence-electron chi connectivity index (χ0n) is 7.73. The van der Waals surface area contributed by atoms with Gasteiger partial charge in [0.1, 0.15) is 6.73 Å². The Bertz CT molecular complexity index is 132. The molecule has 0 spiro atoms. The molecule has 0 aliphatic heterocycles. The zero-order valence-corrected chi connectivity index (χ0v) is 7.73. The van der Waals surface area contributed by atoms with E-state index in [-0.39, 0.29) is 11.5 Å². The van der Waals surface area contributed by atoms with Crippen molar-refractivity contribution in [1.82, 2.24) is 5.32 Å². The molecule has 3 nitrogen and oxygen atoms in total. The van der Waals surface area contributed by atoms with Gasteiger partial charge >= 0.3 is 0 Å². The number of amides is 1. The lowest BCUT2D eigenvalue weighted by Crippen LogP contribution is -2.31. The summed E-state index contributed by atoms with van der Waals surface area (Å²) in [7, 11) is 0. The van der Waals surface area contributed by atoms with Crippen molar-refractivity contribution < 1.29 is 9.53 Å². The molecule has 11 heavy (non-hydrogen) atoms. The maximum absolute atomic E-state index is 10.4. The lowest BCUT2D eigenvalue weighted by Gasteiger charge is -2.23. The van der Waals surface area contributed by atoms with Crippen molar-refractivity contribution >= 4 is 5.91 Å². The summed E-state index contributed by atoms with van der Waals surface area (Å²) in [6, 6.07) is 0. The Morgan fingerprint density at radius 1 is 1.55 bits per heavy atom. The maximum Gasteiger partial charge on any atom is 0.218 e. The van der Waals surface area contributed by atoms with Gasteiger partial charge in [-0.25, -0.2) is 0 Å². The highest BCUT2D eigenvalue weighted by molar-refractivity contribution is 5.72. The largest absolute Gasteiger partial charge is 0.355 e. The molecule has 0 saturated carbocycles. The molecule has 1 amide bonds. The average Bonchev–Trinajstić information content (AvgIpc) is 1.87. The summed E-state index contributed by atoms with van der Waals surface area (Å²) < 4.78 is 5.36. The topological polar surface area (TPSA) is 38.3 Å². The summed E-state index contributed by atoms with van der Waals surface area (Å²) in [5, 5.41) is 2.57. The van der Waals surface area contributed by atoms with Crippen LogP contribution in [0.4, 0.5) is 0 Å². The van der Waals surface area contributed by atoms with Crippen LogP contribution in [0.1, 0.15) is 34.1 Å². The van der Waals surface area contributed by atoms with E-state index in [0.29, 0.717) is 6.73 Å². The third-order valence-electron chi connectivity index (χ3n) is 1.64. The maximum atomic E-state index is 10.4. The van der Waals surface area contributed by atoms with Crippen molar-refractivity contribution in [2.45, 2.75) is 39.7 Å². The van der Waals surface area contributed by atoms with Crippen molar-refractivity contribution in [1.29, 1.82) is 0 Å². The van der Waals surface area contributed by atoms with Crippen molar-refractivity contribution in [3.8, 4) is 0 Å². The summed E-state index contributed by atoms with van der Waals surface area (Å²) in [5.41, 5.74) is -0.136. The fourth-order valence-electron chi connectivity index (χ4n) is 0.435. The molecule has 0 saturated heterocycles. The molecule has 0 aromatic heterocycles. The first-order valence-electron chi connectivity index (χ1n) is 3.86. The van der Waals surface area contributed by atoms with E-state index in [1.165, 1.54) is 6.92 Å². The highest BCUT2D eigenvalue weighted by Crippen LogP contribution is 2.11. The summed E-state index contributed by atoms with van der Waals surface area (Å²) in [6.07, 6.45) is 0.937. The van der Waals surface area contributed by atoms with Gasteiger partial charge in [0.2, 0.25) is 5.91 Å². The quantitative estimate of drug-likeness (QED) is 0.628. The molecule has 0 aromatic carbocycles. The Hall–Kier alpha value is -0.570. The van der Waals surface area contributed by atoms with Crippen LogP contribution in [-0.4, -0.2) is 18.2 Å². The Morgan fingerprint density at radius 2 is 2.09 bits per heavy atom. The number of nitrogens with one attached hydrogen (secondary N) is 1. The molecule has 0 aliphatic carbocycles. The van der Waals surface area contributed by atoms with E-state index >= 15 is 0 Å². The number of carbonyl (C=O) groups is 1. The van der Waals surface area contributed by atoms with Gasteiger partial charge in [-0.1, -0.05) is 6.92 Å². The number of hydrogen-bond acceptors (Lipinski definition) is 2. The van der Waals surface area contributed by atoms with Gasteiger partial charge in [0, 0.05) is 6.92 Å². The van der Waals surface area contributed by atoms with Crippen LogP contribution in [0.5, 0.6) is 0 Å². The first kappa shape index (κ1) is 10.4. The minimum absolute atomic E-state index is 0.0584. The van der Waals surface area contributed by atoms with Crippen molar-refractivity contribution in [2.75, 3.05) is 6.73 Å². The van der Waals surface area contributed by atoms with E-state index in [9.17, 15) is 4.79 Å². The molecular weight excluding hydrogens is 142 g/mol. The van der Waals surface area contributed by atoms with Crippen LogP contribution in [0.25, 0.3) is 0 Å². The van der Waals surface area contributed by atoms with Crippen LogP contribution in [-0.2, 0) is 9.53 Å². The third-order valence-corrected chi connectivity index (χ3v) is 1.64. The lowest BCUT2D eigenvalue weighted by atomic mass is 10.1. The summed E-state index contributed by atoms with van der Waals surface area (Å²) in [5.74, 6) is -0.0584. The summed E-state index contributed by atoms with van der Waals surface area (Å²) in [4.78, 5) is 10.4. The van der Waals surface area contributed by atoms with Gasteiger partial charge in [0.15, 0.2) is 0 Å². The van der Waals surface area contributed by atoms with E-state index in [0.717, 1.165) is 6.42 Å². The van der Waals surface area contributed by atoms with E-state index in [1.807, 2.05) is 20.8 Å². The van der Waals surface area contributed by atoms with Crippen LogP contribution < -0.4 is 5.32 Å². The zero-order chi connectivity index (χ0) is 8.91. The minimum atomic E-state index is -0.136. The Kier molecular flexibility index (Phi) is 4.11. The van der Waals surface area contributed by atoms with Crippen LogP contribution in [0.3, 0.4) is 0 Å². The minimum Gasteiger partial charge on any atom is -0.355 e. The highest BCUT2D eigenvalue weighted by atomic mass is 16.5. The molecule has 1 N–H and O–H groups in total. The van der Waals surface area contributed by atoms with Crippen molar-refractivity contribution in [3.63, 3.8) is 0 Å². The molecule has 0 atom stereocenters. The second-order valence-corrected chi connectivity index (χ2v) is 3.13. The molecule has 0 rings (SSSR count). The van der Waals surface area contributed by atoms with E-state index in [1.54, 1.807) is 0 Å². The summed E-state index contributed by atoms with van der Waals surface area (Å²) >= 11 is 0. The van der Waals surface area contributed by atoms with Crippen LogP contribution in [0.15, 0.2) is 0 Å². The number of ether oxygens (including phenoxy) is 1. The highest BCUT2D eigenvalue weighted by Gasteiger charge is 2.14. The molecule has 66 valence electrons. The Balaban J connectivity index is 3.45. The Morgan fingerprint density at radius 3 is 2.45 bits per heavy atom. The van der Waals surface area contributed by atoms with Gasteiger partial charge < -0.3 is 10.1 Å². The van der Waals surface area contributed by atoms with Gasteiger partial charge in [-0.3, -0.25) is 4.79 Å². The Labute approximate surface area is 68.1 Å². The van der Waals surface area contributed by atoms with E-state index in [4.69, 9.17) is 4.74 Å². The molecule has 3 heteroatoms. The van der Waals surface area contributed by atoms with Crippen molar-refractivity contribution in [2.24, 2.45) is 0 Å². The van der Waals surface area contributed by atoms with Gasteiger partial charge in [0.25, 0.3) is 0 Å². The predicted octanol–water partition coefficient (Wildman–Crippen LogP) is 1.29. The fourth-order valence-corrected chi connectivity index (χ4v) is 0.435. The second kappa shape index (κ2) is 4.34. The van der Waals surface area contributed by atoms with Gasteiger partial charge in [0.05, 0.1) is 5.60 Å². The van der Waals surface area contributed by atoms with Gasteiger partial charge in [-0.05, 0) is 20.3 Å². The fraction of sp³-hybridized carbons (Fsp3) is 0.875. The third kappa shape index (κ3) is 5.85. The van der Waals surface area contributed by atoms with Gasteiger partial charge in [-0.15, -0.1) is 0 Å². The van der Waals surface area contributed by atoms with E-state index in [2.05, 4.69) is 5.32 Å². The average molecular weight is 159 g/mol. The number of hydrogen-bond donors (Lipinski definition) is 1. The predicted molar refractivity (Wildman–Crippen MR) is 44.1 cm³/mol. The lowest BCUT2D eigenvalue weighted by molar-refractivity contribution is -0.122. The van der Waals surface area contributed by atoms with Crippen LogP contribution in [0, 0.1) is 0 Å². The monoisotopic (exact) mass is 159 g/mol. The second-order valence-electron chi connectivity index (χ2n) is 3.13. The molecule has 0 unspecified atom stereocenters. The smallest absolute Gasteiger partial charge is 0.218 e. The summed E-state index contributed by atoms with van der Waals surface area (Å²) in [6.45, 7) is 7.82. The number of rotatable bonds is 4. The molecule has 0 heterocycles. The van der Waals surface area contributed by atoms with Crippen molar-refractivity contribution in [3.05, 3.63) is 0 Å². The molecule has 0 radical (unpaired) electrons. The van der Waals surface area contributed by atoms with E-state index < -0.39 is 0 Å².